The molecule has 0 bridgehead atoms. The monoisotopic (exact) mass is 168 g/mol. The van der Waals surface area contributed by atoms with Crippen molar-refractivity contribution in [3.8, 4) is 0 Å². The van der Waals surface area contributed by atoms with Gasteiger partial charge in [0, 0.05) is 5.69 Å². The molecule has 68 valence electrons. The van der Waals surface area contributed by atoms with E-state index in [2.05, 4.69) is 5.10 Å². The summed E-state index contributed by atoms with van der Waals surface area (Å²) in [6.07, 6.45) is 0.258. The van der Waals surface area contributed by atoms with E-state index < -0.39 is 0 Å². The van der Waals surface area contributed by atoms with Crippen molar-refractivity contribution in [1.29, 1.82) is 0 Å². The summed E-state index contributed by atoms with van der Waals surface area (Å²) in [6.45, 7) is 8.61. The van der Waals surface area contributed by atoms with Crippen LogP contribution in [0.4, 0.5) is 0 Å². The third kappa shape index (κ3) is 2.34. The molecule has 0 aromatic carbocycles. The Balaban J connectivity index is 2.57. The van der Waals surface area contributed by atoms with E-state index in [1.165, 1.54) is 0 Å². The van der Waals surface area contributed by atoms with Gasteiger partial charge >= 0.3 is 0 Å². The summed E-state index contributed by atoms with van der Waals surface area (Å²) in [5.74, 6) is 0. The molecular weight excluding hydrogens is 152 g/mol. The van der Waals surface area contributed by atoms with Crippen LogP contribution in [0.2, 0.25) is 0 Å². The second-order valence-corrected chi connectivity index (χ2v) is 3.27. The first-order valence-electron chi connectivity index (χ1n) is 4.22. The van der Waals surface area contributed by atoms with Crippen molar-refractivity contribution in [2.24, 2.45) is 0 Å². The Hall–Kier alpha value is -0.830. The molecular formula is C9H16N2O. The maximum Gasteiger partial charge on any atom is 0.139 e. The molecule has 0 spiro atoms. The highest BCUT2D eigenvalue weighted by Gasteiger charge is 2.00. The maximum absolute atomic E-state index is 5.42. The largest absolute Gasteiger partial charge is 0.357 e. The number of nitrogens with zero attached hydrogens (tertiary/aromatic N) is 2. The van der Waals surface area contributed by atoms with Crippen molar-refractivity contribution in [1.82, 2.24) is 9.78 Å². The standard InChI is InChI=1S/C9H16N2O/c1-7(2)12-6-11-9(4)5-8(3)10-11/h5,7H,6H2,1-4H3. The Morgan fingerprint density at radius 2 is 2.17 bits per heavy atom. The van der Waals surface area contributed by atoms with Crippen molar-refractivity contribution >= 4 is 0 Å². The Bertz CT molecular complexity index is 253. The Labute approximate surface area is 73.3 Å². The molecule has 3 heteroatoms. The summed E-state index contributed by atoms with van der Waals surface area (Å²) >= 11 is 0. The molecule has 1 aromatic heterocycles. The molecule has 0 aliphatic carbocycles. The van der Waals surface area contributed by atoms with E-state index >= 15 is 0 Å². The molecule has 0 aliphatic heterocycles. The van der Waals surface area contributed by atoms with Crippen LogP contribution >= 0.6 is 0 Å². The molecule has 0 unspecified atom stereocenters. The minimum atomic E-state index is 0.258. The third-order valence-corrected chi connectivity index (χ3v) is 1.63. The molecule has 1 rings (SSSR count). The smallest absolute Gasteiger partial charge is 0.139 e. The normalized spacial score (nSPS) is 11.1. The van der Waals surface area contributed by atoms with E-state index in [0.717, 1.165) is 11.4 Å². The van der Waals surface area contributed by atoms with E-state index in [1.807, 2.05) is 38.4 Å². The maximum atomic E-state index is 5.42. The van der Waals surface area contributed by atoms with E-state index in [-0.39, 0.29) is 6.10 Å². The Morgan fingerprint density at radius 3 is 2.58 bits per heavy atom. The first-order valence-corrected chi connectivity index (χ1v) is 4.22. The molecule has 0 radical (unpaired) electrons. The van der Waals surface area contributed by atoms with E-state index in [9.17, 15) is 0 Å². The minimum absolute atomic E-state index is 0.258. The summed E-state index contributed by atoms with van der Waals surface area (Å²) in [6, 6.07) is 2.05. The number of aromatic nitrogens is 2. The molecule has 0 fully saturated rings. The Kier molecular flexibility index (Phi) is 2.87. The minimum Gasteiger partial charge on any atom is -0.357 e. The molecule has 0 saturated carbocycles. The van der Waals surface area contributed by atoms with Crippen molar-refractivity contribution in [2.45, 2.75) is 40.5 Å². The molecule has 0 aliphatic rings. The van der Waals surface area contributed by atoms with Gasteiger partial charge in [-0.3, -0.25) is 0 Å². The predicted molar refractivity (Wildman–Crippen MR) is 47.9 cm³/mol. The van der Waals surface area contributed by atoms with Gasteiger partial charge in [0.15, 0.2) is 0 Å². The molecule has 1 aromatic rings. The predicted octanol–water partition coefficient (Wildman–Crippen LogP) is 1.88. The number of hydrogen-bond donors (Lipinski definition) is 0. The SMILES string of the molecule is Cc1cc(C)n(COC(C)C)n1. The number of aryl methyl sites for hydroxylation is 2. The zero-order valence-corrected chi connectivity index (χ0v) is 8.16. The summed E-state index contributed by atoms with van der Waals surface area (Å²) in [5.41, 5.74) is 2.19. The third-order valence-electron chi connectivity index (χ3n) is 1.63. The fourth-order valence-electron chi connectivity index (χ4n) is 1.03. The van der Waals surface area contributed by atoms with Crippen LogP contribution in [0.3, 0.4) is 0 Å². The van der Waals surface area contributed by atoms with Crippen LogP contribution in [0.5, 0.6) is 0 Å². The molecule has 0 amide bonds. The second kappa shape index (κ2) is 3.72. The lowest BCUT2D eigenvalue weighted by Crippen LogP contribution is -2.10. The number of rotatable bonds is 3. The van der Waals surface area contributed by atoms with Crippen LogP contribution in [-0.2, 0) is 11.5 Å². The van der Waals surface area contributed by atoms with Gasteiger partial charge in [0.2, 0.25) is 0 Å². The van der Waals surface area contributed by atoms with Gasteiger partial charge in [0.25, 0.3) is 0 Å². The van der Waals surface area contributed by atoms with Gasteiger partial charge in [-0.15, -0.1) is 0 Å². The quantitative estimate of drug-likeness (QED) is 0.689. The zero-order valence-electron chi connectivity index (χ0n) is 8.16. The fraction of sp³-hybridized carbons (Fsp3) is 0.667. The molecule has 0 atom stereocenters. The van der Waals surface area contributed by atoms with Crippen LogP contribution in [0.15, 0.2) is 6.07 Å². The van der Waals surface area contributed by atoms with Gasteiger partial charge in [0.1, 0.15) is 6.73 Å². The van der Waals surface area contributed by atoms with Gasteiger partial charge < -0.3 is 4.74 Å². The average Bonchev–Trinajstić information content (AvgIpc) is 2.26. The van der Waals surface area contributed by atoms with Crippen LogP contribution in [0, 0.1) is 13.8 Å². The average molecular weight is 168 g/mol. The fourth-order valence-corrected chi connectivity index (χ4v) is 1.03. The highest BCUT2D eigenvalue weighted by Crippen LogP contribution is 2.02. The second-order valence-electron chi connectivity index (χ2n) is 3.27. The molecule has 3 nitrogen and oxygen atoms in total. The molecule has 0 N–H and O–H groups in total. The van der Waals surface area contributed by atoms with Crippen LogP contribution in [-0.4, -0.2) is 15.9 Å². The van der Waals surface area contributed by atoms with Crippen molar-refractivity contribution in [3.63, 3.8) is 0 Å². The Morgan fingerprint density at radius 1 is 1.50 bits per heavy atom. The van der Waals surface area contributed by atoms with E-state index in [1.54, 1.807) is 0 Å². The van der Waals surface area contributed by atoms with Gasteiger partial charge in [-0.2, -0.15) is 5.10 Å². The topological polar surface area (TPSA) is 27.1 Å². The van der Waals surface area contributed by atoms with Crippen LogP contribution < -0.4 is 0 Å². The summed E-state index contributed by atoms with van der Waals surface area (Å²) in [7, 11) is 0. The van der Waals surface area contributed by atoms with E-state index in [0.29, 0.717) is 6.73 Å². The van der Waals surface area contributed by atoms with Crippen molar-refractivity contribution in [3.05, 3.63) is 17.5 Å². The highest BCUT2D eigenvalue weighted by molar-refractivity contribution is 5.05. The van der Waals surface area contributed by atoms with E-state index in [4.69, 9.17) is 4.74 Å². The van der Waals surface area contributed by atoms with Crippen molar-refractivity contribution in [2.75, 3.05) is 0 Å². The lowest BCUT2D eigenvalue weighted by atomic mass is 10.4. The summed E-state index contributed by atoms with van der Waals surface area (Å²) < 4.78 is 7.29. The van der Waals surface area contributed by atoms with Crippen LogP contribution in [0.25, 0.3) is 0 Å². The van der Waals surface area contributed by atoms with Gasteiger partial charge in [-0.1, -0.05) is 0 Å². The lowest BCUT2D eigenvalue weighted by Gasteiger charge is -2.08. The first kappa shape index (κ1) is 9.26. The number of ether oxygens (including phenoxy) is 1. The van der Waals surface area contributed by atoms with Gasteiger partial charge in [-0.05, 0) is 33.8 Å². The first-order chi connectivity index (χ1) is 5.59. The summed E-state index contributed by atoms with van der Waals surface area (Å²) in [4.78, 5) is 0. The van der Waals surface area contributed by atoms with Crippen LogP contribution in [0.1, 0.15) is 25.2 Å². The number of hydrogen-bond acceptors (Lipinski definition) is 2. The zero-order chi connectivity index (χ0) is 9.14. The summed E-state index contributed by atoms with van der Waals surface area (Å²) in [5, 5.41) is 4.27. The highest BCUT2D eigenvalue weighted by atomic mass is 16.5. The molecule has 1 heterocycles. The molecule has 0 saturated heterocycles. The van der Waals surface area contributed by atoms with Gasteiger partial charge in [-0.25, -0.2) is 4.68 Å². The molecule has 12 heavy (non-hydrogen) atoms. The lowest BCUT2D eigenvalue weighted by molar-refractivity contribution is 0.0209. The van der Waals surface area contributed by atoms with Crippen molar-refractivity contribution < 1.29 is 4.74 Å². The van der Waals surface area contributed by atoms with Gasteiger partial charge in [0.05, 0.1) is 11.8 Å².